The summed E-state index contributed by atoms with van der Waals surface area (Å²) < 4.78 is 14.1. The third-order valence-electron chi connectivity index (χ3n) is 3.13. The fraction of sp³-hybridized carbons (Fsp3) is 0.0667. The van der Waals surface area contributed by atoms with Crippen LogP contribution in [0.5, 0.6) is 0 Å². The molecule has 2 aromatic carbocycles. The van der Waals surface area contributed by atoms with Gasteiger partial charge in [-0.3, -0.25) is 5.10 Å². The second-order valence-corrected chi connectivity index (χ2v) is 5.83. The van der Waals surface area contributed by atoms with E-state index in [0.717, 1.165) is 14.7 Å². The zero-order valence-corrected chi connectivity index (χ0v) is 13.1. The Morgan fingerprint density at radius 3 is 2.38 bits per heavy atom. The van der Waals surface area contributed by atoms with E-state index < -0.39 is 6.04 Å². The molecule has 1 heterocycles. The van der Waals surface area contributed by atoms with Crippen molar-refractivity contribution in [1.29, 1.82) is 0 Å². The monoisotopic (exact) mass is 394 g/mol. The first-order valence-corrected chi connectivity index (χ1v) is 7.40. The molecule has 0 radical (unpaired) electrons. The van der Waals surface area contributed by atoms with Gasteiger partial charge in [0.05, 0.1) is 6.04 Å². The molecule has 0 fully saturated rings. The van der Waals surface area contributed by atoms with Gasteiger partial charge >= 0.3 is 0 Å². The van der Waals surface area contributed by atoms with Gasteiger partial charge in [-0.2, -0.15) is 5.10 Å². The Morgan fingerprint density at radius 1 is 1.05 bits per heavy atom. The number of nitrogens with one attached hydrogen (secondary N) is 1. The van der Waals surface area contributed by atoms with Gasteiger partial charge in [-0.25, -0.2) is 9.37 Å². The standard InChI is InChI=1S/C15H12FIN4/c16-11-5-1-9(2-6-11)13(18)15-19-14(20-21-15)10-3-7-12(17)8-4-10/h1-8,13H,18H2,(H,19,20,21)/t13-/m0/s1. The lowest BCUT2D eigenvalue weighted by Gasteiger charge is -2.07. The van der Waals surface area contributed by atoms with E-state index in [1.54, 1.807) is 12.1 Å². The predicted molar refractivity (Wildman–Crippen MR) is 87.0 cm³/mol. The van der Waals surface area contributed by atoms with Crippen LogP contribution < -0.4 is 5.73 Å². The summed E-state index contributed by atoms with van der Waals surface area (Å²) in [6, 6.07) is 13.5. The number of halogens is 2. The molecular weight excluding hydrogens is 382 g/mol. The summed E-state index contributed by atoms with van der Waals surface area (Å²) >= 11 is 2.24. The van der Waals surface area contributed by atoms with E-state index in [-0.39, 0.29) is 5.82 Å². The smallest absolute Gasteiger partial charge is 0.181 e. The molecule has 0 aliphatic heterocycles. The molecule has 0 aliphatic carbocycles. The Bertz CT molecular complexity index is 737. The molecule has 6 heteroatoms. The Hall–Kier alpha value is -1.80. The minimum absolute atomic E-state index is 0.289. The SMILES string of the molecule is N[C@@H](c1ccc(F)cc1)c1nc(-c2ccc(I)cc2)n[nH]1. The van der Waals surface area contributed by atoms with Crippen molar-refractivity contribution in [1.82, 2.24) is 15.2 Å². The largest absolute Gasteiger partial charge is 0.318 e. The molecule has 21 heavy (non-hydrogen) atoms. The van der Waals surface area contributed by atoms with Crippen LogP contribution in [-0.2, 0) is 0 Å². The molecule has 0 unspecified atom stereocenters. The second-order valence-electron chi connectivity index (χ2n) is 4.58. The first kappa shape index (κ1) is 14.2. The van der Waals surface area contributed by atoms with E-state index in [2.05, 4.69) is 37.8 Å². The third kappa shape index (κ3) is 3.11. The summed E-state index contributed by atoms with van der Waals surface area (Å²) in [5, 5.41) is 7.04. The molecule has 0 aliphatic rings. The molecule has 106 valence electrons. The van der Waals surface area contributed by atoms with E-state index in [9.17, 15) is 4.39 Å². The van der Waals surface area contributed by atoms with Crippen molar-refractivity contribution in [2.45, 2.75) is 6.04 Å². The van der Waals surface area contributed by atoms with Crippen molar-refractivity contribution in [3.05, 3.63) is 69.3 Å². The number of hydrogen-bond donors (Lipinski definition) is 2. The lowest BCUT2D eigenvalue weighted by molar-refractivity contribution is 0.626. The summed E-state index contributed by atoms with van der Waals surface area (Å²) in [6.45, 7) is 0. The van der Waals surface area contributed by atoms with Gasteiger partial charge in [0.2, 0.25) is 0 Å². The average Bonchev–Trinajstić information content (AvgIpc) is 2.98. The highest BCUT2D eigenvalue weighted by molar-refractivity contribution is 14.1. The molecule has 1 atom stereocenters. The van der Waals surface area contributed by atoms with Crippen LogP contribution in [0.1, 0.15) is 17.4 Å². The minimum Gasteiger partial charge on any atom is -0.318 e. The topological polar surface area (TPSA) is 67.6 Å². The van der Waals surface area contributed by atoms with Gasteiger partial charge in [0, 0.05) is 9.13 Å². The minimum atomic E-state index is -0.462. The number of rotatable bonds is 3. The maximum atomic E-state index is 12.9. The van der Waals surface area contributed by atoms with Crippen molar-refractivity contribution in [3.8, 4) is 11.4 Å². The van der Waals surface area contributed by atoms with Crippen LogP contribution in [0.2, 0.25) is 0 Å². The molecule has 0 bridgehead atoms. The Morgan fingerprint density at radius 2 is 1.71 bits per heavy atom. The van der Waals surface area contributed by atoms with Crippen LogP contribution in [0.25, 0.3) is 11.4 Å². The zero-order valence-electron chi connectivity index (χ0n) is 10.9. The number of hydrogen-bond acceptors (Lipinski definition) is 3. The van der Waals surface area contributed by atoms with Gasteiger partial charge in [0.1, 0.15) is 11.6 Å². The maximum absolute atomic E-state index is 12.9. The fourth-order valence-corrected chi connectivity index (χ4v) is 2.33. The number of H-pyrrole nitrogens is 1. The Balaban J connectivity index is 1.87. The highest BCUT2D eigenvalue weighted by atomic mass is 127. The van der Waals surface area contributed by atoms with E-state index in [1.807, 2.05) is 24.3 Å². The molecule has 3 N–H and O–H groups in total. The summed E-state index contributed by atoms with van der Waals surface area (Å²) in [7, 11) is 0. The van der Waals surface area contributed by atoms with Crippen LogP contribution in [0, 0.1) is 9.39 Å². The normalized spacial score (nSPS) is 12.3. The number of benzene rings is 2. The Labute approximate surface area is 134 Å². The molecule has 0 saturated carbocycles. The van der Waals surface area contributed by atoms with Crippen molar-refractivity contribution in [3.63, 3.8) is 0 Å². The molecule has 1 aromatic heterocycles. The first-order chi connectivity index (χ1) is 10.1. The van der Waals surface area contributed by atoms with Crippen LogP contribution in [0.3, 0.4) is 0 Å². The van der Waals surface area contributed by atoms with Crippen LogP contribution >= 0.6 is 22.6 Å². The lowest BCUT2D eigenvalue weighted by atomic mass is 10.1. The van der Waals surface area contributed by atoms with Crippen LogP contribution in [-0.4, -0.2) is 15.2 Å². The average molecular weight is 394 g/mol. The van der Waals surface area contributed by atoms with Gasteiger partial charge in [0.25, 0.3) is 0 Å². The van der Waals surface area contributed by atoms with Gasteiger partial charge in [-0.15, -0.1) is 0 Å². The first-order valence-electron chi connectivity index (χ1n) is 6.33. The molecule has 0 spiro atoms. The van der Waals surface area contributed by atoms with Gasteiger partial charge < -0.3 is 5.73 Å². The van der Waals surface area contributed by atoms with E-state index in [1.165, 1.54) is 12.1 Å². The van der Waals surface area contributed by atoms with Crippen molar-refractivity contribution >= 4 is 22.6 Å². The van der Waals surface area contributed by atoms with Crippen molar-refractivity contribution < 1.29 is 4.39 Å². The van der Waals surface area contributed by atoms with E-state index in [0.29, 0.717) is 11.6 Å². The highest BCUT2D eigenvalue weighted by Crippen LogP contribution is 2.21. The Kier molecular flexibility index (Phi) is 3.98. The number of nitrogens with two attached hydrogens (primary N) is 1. The summed E-state index contributed by atoms with van der Waals surface area (Å²) in [5.74, 6) is 0.859. The highest BCUT2D eigenvalue weighted by Gasteiger charge is 2.14. The fourth-order valence-electron chi connectivity index (χ4n) is 1.97. The lowest BCUT2D eigenvalue weighted by Crippen LogP contribution is -2.13. The van der Waals surface area contributed by atoms with Gasteiger partial charge in [-0.1, -0.05) is 24.3 Å². The quantitative estimate of drug-likeness (QED) is 0.671. The van der Waals surface area contributed by atoms with Gasteiger partial charge in [0.15, 0.2) is 5.82 Å². The third-order valence-corrected chi connectivity index (χ3v) is 3.85. The van der Waals surface area contributed by atoms with Crippen molar-refractivity contribution in [2.75, 3.05) is 0 Å². The molecule has 3 rings (SSSR count). The number of aromatic nitrogens is 3. The van der Waals surface area contributed by atoms with Crippen LogP contribution in [0.4, 0.5) is 4.39 Å². The number of nitrogens with zero attached hydrogens (tertiary/aromatic N) is 2. The maximum Gasteiger partial charge on any atom is 0.181 e. The van der Waals surface area contributed by atoms with Crippen LogP contribution in [0.15, 0.2) is 48.5 Å². The molecule has 4 nitrogen and oxygen atoms in total. The number of aromatic amines is 1. The summed E-state index contributed by atoms with van der Waals surface area (Å²) in [6.07, 6.45) is 0. The summed E-state index contributed by atoms with van der Waals surface area (Å²) in [4.78, 5) is 4.42. The van der Waals surface area contributed by atoms with E-state index >= 15 is 0 Å². The second kappa shape index (κ2) is 5.90. The van der Waals surface area contributed by atoms with Crippen molar-refractivity contribution in [2.24, 2.45) is 5.73 Å². The summed E-state index contributed by atoms with van der Waals surface area (Å²) in [5.41, 5.74) is 7.82. The molecule has 0 amide bonds. The molecule has 3 aromatic rings. The van der Waals surface area contributed by atoms with E-state index in [4.69, 9.17) is 5.73 Å². The molecular formula is C15H12FIN4. The zero-order chi connectivity index (χ0) is 14.8. The predicted octanol–water partition coefficient (Wildman–Crippen LogP) is 3.26. The molecule has 0 saturated heterocycles. The van der Waals surface area contributed by atoms with Gasteiger partial charge in [-0.05, 0) is 52.4 Å².